The molecule has 0 heterocycles. The fourth-order valence-electron chi connectivity index (χ4n) is 0.907. The highest BCUT2D eigenvalue weighted by Gasteiger charge is 2.11. The van der Waals surface area contributed by atoms with Crippen molar-refractivity contribution in [3.8, 4) is 0 Å². The third-order valence-corrected chi connectivity index (χ3v) is 1.73. The van der Waals surface area contributed by atoms with Gasteiger partial charge in [-0.25, -0.2) is 0 Å². The predicted molar refractivity (Wildman–Crippen MR) is 60.6 cm³/mol. The van der Waals surface area contributed by atoms with E-state index in [1.807, 2.05) is 13.8 Å². The summed E-state index contributed by atoms with van der Waals surface area (Å²) in [6.07, 6.45) is 9.72. The molecule has 0 saturated heterocycles. The molecule has 1 heteroatoms. The Balaban J connectivity index is 4.33. The summed E-state index contributed by atoms with van der Waals surface area (Å²) in [5.74, 6) is 0. The maximum atomic E-state index is 5.86. The van der Waals surface area contributed by atoms with Crippen molar-refractivity contribution in [2.45, 2.75) is 46.6 Å². The Kier molecular flexibility index (Phi) is 4.41. The molecule has 0 radical (unpaired) electrons. The van der Waals surface area contributed by atoms with Crippen molar-refractivity contribution in [1.29, 1.82) is 0 Å². The molecule has 76 valence electrons. The summed E-state index contributed by atoms with van der Waals surface area (Å²) in [5, 5.41) is 0. The second-order valence-corrected chi connectivity index (χ2v) is 4.79. The van der Waals surface area contributed by atoms with E-state index >= 15 is 0 Å². The molecule has 0 aromatic carbocycles. The van der Waals surface area contributed by atoms with Gasteiger partial charge in [-0.2, -0.15) is 0 Å². The van der Waals surface area contributed by atoms with Crippen molar-refractivity contribution in [2.75, 3.05) is 0 Å². The fraction of sp³-hybridized carbons (Fsp3) is 0.667. The molecule has 13 heavy (non-hydrogen) atoms. The minimum atomic E-state index is -0.211. The minimum Gasteiger partial charge on any atom is -0.322 e. The Morgan fingerprint density at radius 3 is 1.92 bits per heavy atom. The van der Waals surface area contributed by atoms with Crippen LogP contribution in [0.25, 0.3) is 0 Å². The molecule has 0 rings (SSSR count). The average Bonchev–Trinajstić information content (AvgIpc) is 1.97. The molecule has 0 atom stereocenters. The first-order valence-corrected chi connectivity index (χ1v) is 4.94. The maximum absolute atomic E-state index is 5.86. The zero-order valence-electron chi connectivity index (χ0n) is 9.59. The summed E-state index contributed by atoms with van der Waals surface area (Å²) in [7, 11) is 0. The third kappa shape index (κ3) is 7.79. The molecule has 0 unspecified atom stereocenters. The van der Waals surface area contributed by atoms with E-state index in [1.165, 1.54) is 0 Å². The van der Waals surface area contributed by atoms with Crippen LogP contribution in [0, 0.1) is 5.41 Å². The highest BCUT2D eigenvalue weighted by atomic mass is 14.7. The van der Waals surface area contributed by atoms with Gasteiger partial charge >= 0.3 is 0 Å². The van der Waals surface area contributed by atoms with Gasteiger partial charge in [-0.05, 0) is 20.3 Å². The van der Waals surface area contributed by atoms with E-state index in [0.717, 1.165) is 6.42 Å². The fourth-order valence-corrected chi connectivity index (χ4v) is 0.907. The number of rotatable bonds is 4. The van der Waals surface area contributed by atoms with Gasteiger partial charge in [0.05, 0.1) is 0 Å². The van der Waals surface area contributed by atoms with Crippen LogP contribution in [0.1, 0.15) is 41.0 Å². The maximum Gasteiger partial charge on any atom is 0.0281 e. The van der Waals surface area contributed by atoms with E-state index in [4.69, 9.17) is 5.73 Å². The lowest BCUT2D eigenvalue weighted by molar-refractivity contribution is 0.593. The van der Waals surface area contributed by atoms with Crippen LogP contribution in [-0.4, -0.2) is 5.54 Å². The Morgan fingerprint density at radius 1 is 1.00 bits per heavy atom. The zero-order chi connectivity index (χ0) is 10.5. The van der Waals surface area contributed by atoms with E-state index < -0.39 is 0 Å². The molecular weight excluding hydrogens is 158 g/mol. The highest BCUT2D eigenvalue weighted by molar-refractivity contribution is 5.11. The van der Waals surface area contributed by atoms with Crippen molar-refractivity contribution in [2.24, 2.45) is 11.1 Å². The van der Waals surface area contributed by atoms with Crippen LogP contribution in [-0.2, 0) is 0 Å². The van der Waals surface area contributed by atoms with Gasteiger partial charge < -0.3 is 5.73 Å². The van der Waals surface area contributed by atoms with Gasteiger partial charge in [-0.1, -0.05) is 45.1 Å². The quantitative estimate of drug-likeness (QED) is 0.662. The number of nitrogens with two attached hydrogens (primary N) is 1. The Morgan fingerprint density at radius 2 is 1.54 bits per heavy atom. The first-order chi connectivity index (χ1) is 5.77. The van der Waals surface area contributed by atoms with Gasteiger partial charge in [0.1, 0.15) is 0 Å². The van der Waals surface area contributed by atoms with Crippen LogP contribution in [0.15, 0.2) is 24.3 Å². The molecule has 0 spiro atoms. The summed E-state index contributed by atoms with van der Waals surface area (Å²) in [4.78, 5) is 0. The molecule has 0 aliphatic heterocycles. The second-order valence-electron chi connectivity index (χ2n) is 4.79. The van der Waals surface area contributed by atoms with Crippen molar-refractivity contribution >= 4 is 0 Å². The van der Waals surface area contributed by atoms with Crippen molar-refractivity contribution < 1.29 is 0 Å². The smallest absolute Gasteiger partial charge is 0.0281 e. The Hall–Kier alpha value is -0.560. The minimum absolute atomic E-state index is 0.118. The van der Waals surface area contributed by atoms with Crippen LogP contribution in [0.5, 0.6) is 0 Å². The lowest BCUT2D eigenvalue weighted by Crippen LogP contribution is -2.29. The zero-order valence-corrected chi connectivity index (χ0v) is 9.59. The summed E-state index contributed by atoms with van der Waals surface area (Å²) in [6.45, 7) is 10.5. The lowest BCUT2D eigenvalue weighted by atomic mass is 9.90. The molecule has 2 N–H and O–H groups in total. The molecule has 0 amide bonds. The molecule has 0 aliphatic rings. The molecule has 0 saturated carbocycles. The first-order valence-electron chi connectivity index (χ1n) is 4.94. The Bertz CT molecular complexity index is 192. The number of hydrogen-bond donors (Lipinski definition) is 1. The molecule has 0 aromatic rings. The monoisotopic (exact) mass is 181 g/mol. The van der Waals surface area contributed by atoms with E-state index in [-0.39, 0.29) is 11.0 Å². The molecule has 1 nitrogen and oxygen atoms in total. The van der Waals surface area contributed by atoms with Crippen molar-refractivity contribution in [3.63, 3.8) is 0 Å². The summed E-state index contributed by atoms with van der Waals surface area (Å²) in [5.41, 5.74) is 5.77. The average molecular weight is 181 g/mol. The van der Waals surface area contributed by atoms with E-state index in [2.05, 4.69) is 45.1 Å². The van der Waals surface area contributed by atoms with Crippen LogP contribution < -0.4 is 5.73 Å². The second kappa shape index (κ2) is 4.61. The number of hydrogen-bond acceptors (Lipinski definition) is 1. The predicted octanol–water partition coefficient (Wildman–Crippen LogP) is 3.27. The highest BCUT2D eigenvalue weighted by Crippen LogP contribution is 2.20. The standard InChI is InChI=1S/C12H23N/c1-6-7-8-11(2,3)9-10-12(4,5)13/h7-10H,6,13H2,1-5H3/b8-7-,10-9-. The van der Waals surface area contributed by atoms with Crippen LogP contribution in [0.4, 0.5) is 0 Å². The first kappa shape index (κ1) is 12.4. The summed E-state index contributed by atoms with van der Waals surface area (Å²) in [6, 6.07) is 0. The van der Waals surface area contributed by atoms with Gasteiger partial charge in [0.2, 0.25) is 0 Å². The van der Waals surface area contributed by atoms with E-state index in [1.54, 1.807) is 0 Å². The summed E-state index contributed by atoms with van der Waals surface area (Å²) >= 11 is 0. The summed E-state index contributed by atoms with van der Waals surface area (Å²) < 4.78 is 0. The molecule has 0 aromatic heterocycles. The number of allylic oxidation sites excluding steroid dienone is 3. The molecule has 0 fully saturated rings. The van der Waals surface area contributed by atoms with E-state index in [0.29, 0.717) is 0 Å². The lowest BCUT2D eigenvalue weighted by Gasteiger charge is -2.18. The normalized spacial score (nSPS) is 14.6. The van der Waals surface area contributed by atoms with Gasteiger partial charge in [-0.3, -0.25) is 0 Å². The Labute approximate surface area is 82.7 Å². The molecule has 0 aliphatic carbocycles. The van der Waals surface area contributed by atoms with Gasteiger partial charge in [0, 0.05) is 11.0 Å². The topological polar surface area (TPSA) is 26.0 Å². The largest absolute Gasteiger partial charge is 0.322 e. The third-order valence-electron chi connectivity index (χ3n) is 1.73. The molecule has 0 bridgehead atoms. The van der Waals surface area contributed by atoms with Crippen molar-refractivity contribution in [3.05, 3.63) is 24.3 Å². The van der Waals surface area contributed by atoms with Crippen LogP contribution in [0.3, 0.4) is 0 Å². The van der Waals surface area contributed by atoms with Crippen LogP contribution >= 0.6 is 0 Å². The SMILES string of the molecule is CC/C=C\C(C)(C)/C=C\C(C)(C)N. The molecular formula is C12H23N. The van der Waals surface area contributed by atoms with E-state index in [9.17, 15) is 0 Å². The van der Waals surface area contributed by atoms with Crippen LogP contribution in [0.2, 0.25) is 0 Å². The van der Waals surface area contributed by atoms with Gasteiger partial charge in [-0.15, -0.1) is 0 Å². The van der Waals surface area contributed by atoms with Gasteiger partial charge in [0.25, 0.3) is 0 Å². The van der Waals surface area contributed by atoms with Crippen molar-refractivity contribution in [1.82, 2.24) is 0 Å². The van der Waals surface area contributed by atoms with Gasteiger partial charge in [0.15, 0.2) is 0 Å².